The lowest BCUT2D eigenvalue weighted by molar-refractivity contribution is -0.125. The number of hydrogen-bond acceptors (Lipinski definition) is 5. The standard InChI is InChI=1S/C12H15N5O2/c1-19-11(6-13)12(18)16-9-3-2-4-10(5-9)17-7-14-15-8-17/h2-5,7-8,11H,6,13H2,1H3,(H,16,18). The Labute approximate surface area is 110 Å². The molecule has 0 bridgehead atoms. The van der Waals surface area contributed by atoms with Gasteiger partial charge in [0.2, 0.25) is 0 Å². The van der Waals surface area contributed by atoms with Gasteiger partial charge in [-0.15, -0.1) is 10.2 Å². The molecule has 0 saturated heterocycles. The Morgan fingerprint density at radius 3 is 2.84 bits per heavy atom. The molecule has 3 N–H and O–H groups in total. The van der Waals surface area contributed by atoms with Gasteiger partial charge in [0.25, 0.3) is 5.91 Å². The zero-order valence-electron chi connectivity index (χ0n) is 10.5. The van der Waals surface area contributed by atoms with E-state index in [2.05, 4.69) is 15.5 Å². The first-order valence-corrected chi connectivity index (χ1v) is 5.73. The minimum Gasteiger partial charge on any atom is -0.370 e. The van der Waals surface area contributed by atoms with Crippen LogP contribution in [0, 0.1) is 0 Å². The van der Waals surface area contributed by atoms with Crippen molar-refractivity contribution in [2.24, 2.45) is 5.73 Å². The van der Waals surface area contributed by atoms with E-state index >= 15 is 0 Å². The molecule has 1 unspecified atom stereocenters. The number of methoxy groups -OCH3 is 1. The van der Waals surface area contributed by atoms with Crippen LogP contribution in [0.5, 0.6) is 0 Å². The summed E-state index contributed by atoms with van der Waals surface area (Å²) in [4.78, 5) is 11.8. The lowest BCUT2D eigenvalue weighted by Gasteiger charge is -2.13. The fraction of sp³-hybridized carbons (Fsp3) is 0.250. The summed E-state index contributed by atoms with van der Waals surface area (Å²) in [7, 11) is 1.45. The predicted octanol–water partition coefficient (Wildman–Crippen LogP) is 0.179. The Kier molecular flexibility index (Phi) is 4.22. The number of amides is 1. The Bertz CT molecular complexity index is 537. The van der Waals surface area contributed by atoms with E-state index in [1.54, 1.807) is 23.3 Å². The van der Waals surface area contributed by atoms with Crippen LogP contribution in [0.1, 0.15) is 0 Å². The molecule has 0 aliphatic heterocycles. The first-order valence-electron chi connectivity index (χ1n) is 5.73. The van der Waals surface area contributed by atoms with Gasteiger partial charge in [0.05, 0.1) is 5.69 Å². The number of hydrogen-bond donors (Lipinski definition) is 2. The van der Waals surface area contributed by atoms with E-state index in [9.17, 15) is 4.79 Å². The summed E-state index contributed by atoms with van der Waals surface area (Å²) >= 11 is 0. The third-order valence-electron chi connectivity index (χ3n) is 2.62. The van der Waals surface area contributed by atoms with E-state index in [1.165, 1.54) is 7.11 Å². The van der Waals surface area contributed by atoms with Crippen molar-refractivity contribution in [1.82, 2.24) is 14.8 Å². The van der Waals surface area contributed by atoms with Crippen molar-refractivity contribution >= 4 is 11.6 Å². The lowest BCUT2D eigenvalue weighted by atomic mass is 10.2. The van der Waals surface area contributed by atoms with E-state index < -0.39 is 6.10 Å². The average Bonchev–Trinajstić information content (AvgIpc) is 2.94. The highest BCUT2D eigenvalue weighted by atomic mass is 16.5. The molecule has 0 spiro atoms. The van der Waals surface area contributed by atoms with Crippen molar-refractivity contribution in [2.45, 2.75) is 6.10 Å². The first kappa shape index (κ1) is 13.2. The highest BCUT2D eigenvalue weighted by Crippen LogP contribution is 2.14. The minimum atomic E-state index is -0.654. The molecule has 1 heterocycles. The van der Waals surface area contributed by atoms with Gasteiger partial charge in [0, 0.05) is 19.3 Å². The molecule has 7 nitrogen and oxygen atoms in total. The van der Waals surface area contributed by atoms with Gasteiger partial charge in [0.1, 0.15) is 18.8 Å². The highest BCUT2D eigenvalue weighted by molar-refractivity contribution is 5.94. The Morgan fingerprint density at radius 1 is 1.47 bits per heavy atom. The fourth-order valence-electron chi connectivity index (χ4n) is 1.61. The normalized spacial score (nSPS) is 12.1. The summed E-state index contributed by atoms with van der Waals surface area (Å²) in [6.45, 7) is 0.132. The molecule has 19 heavy (non-hydrogen) atoms. The maximum absolute atomic E-state index is 11.8. The monoisotopic (exact) mass is 261 g/mol. The molecule has 0 saturated carbocycles. The molecular weight excluding hydrogens is 246 g/mol. The number of nitrogens with one attached hydrogen (secondary N) is 1. The molecule has 1 aromatic heterocycles. The average molecular weight is 261 g/mol. The molecule has 2 rings (SSSR count). The van der Waals surface area contributed by atoms with Crippen LogP contribution in [0.4, 0.5) is 5.69 Å². The molecule has 2 aromatic rings. The number of carbonyl (C=O) groups is 1. The number of rotatable bonds is 5. The van der Waals surface area contributed by atoms with Crippen LogP contribution in [0.15, 0.2) is 36.9 Å². The number of ether oxygens (including phenoxy) is 1. The second kappa shape index (κ2) is 6.07. The Hall–Kier alpha value is -2.25. The van der Waals surface area contributed by atoms with Gasteiger partial charge in [0.15, 0.2) is 0 Å². The van der Waals surface area contributed by atoms with Crippen LogP contribution in [-0.2, 0) is 9.53 Å². The molecule has 0 aliphatic carbocycles. The van der Waals surface area contributed by atoms with Crippen LogP contribution in [0.3, 0.4) is 0 Å². The largest absolute Gasteiger partial charge is 0.370 e. The molecule has 1 atom stereocenters. The van der Waals surface area contributed by atoms with Crippen molar-refractivity contribution in [3.8, 4) is 5.69 Å². The van der Waals surface area contributed by atoms with Crippen molar-refractivity contribution < 1.29 is 9.53 Å². The number of nitrogens with two attached hydrogens (primary N) is 1. The van der Waals surface area contributed by atoms with E-state index in [-0.39, 0.29) is 12.5 Å². The number of aromatic nitrogens is 3. The van der Waals surface area contributed by atoms with Crippen molar-refractivity contribution in [1.29, 1.82) is 0 Å². The van der Waals surface area contributed by atoms with Gasteiger partial charge in [-0.3, -0.25) is 9.36 Å². The first-order chi connectivity index (χ1) is 9.24. The van der Waals surface area contributed by atoms with Crippen molar-refractivity contribution in [3.63, 3.8) is 0 Å². The molecule has 0 fully saturated rings. The summed E-state index contributed by atoms with van der Waals surface area (Å²) in [5.74, 6) is -0.272. The maximum atomic E-state index is 11.8. The van der Waals surface area contributed by atoms with Gasteiger partial charge in [-0.1, -0.05) is 6.07 Å². The van der Waals surface area contributed by atoms with Gasteiger partial charge in [-0.25, -0.2) is 0 Å². The summed E-state index contributed by atoms with van der Waals surface area (Å²) < 4.78 is 6.72. The molecule has 0 aliphatic rings. The highest BCUT2D eigenvalue weighted by Gasteiger charge is 2.15. The summed E-state index contributed by atoms with van der Waals surface area (Å²) in [6, 6.07) is 7.31. The molecule has 7 heteroatoms. The predicted molar refractivity (Wildman–Crippen MR) is 69.8 cm³/mol. The Morgan fingerprint density at radius 2 is 2.21 bits per heavy atom. The van der Waals surface area contributed by atoms with Crippen LogP contribution in [0.25, 0.3) is 5.69 Å². The van der Waals surface area contributed by atoms with Gasteiger partial charge < -0.3 is 15.8 Å². The molecular formula is C12H15N5O2. The van der Waals surface area contributed by atoms with Gasteiger partial charge >= 0.3 is 0 Å². The smallest absolute Gasteiger partial charge is 0.254 e. The minimum absolute atomic E-state index is 0.132. The van der Waals surface area contributed by atoms with Gasteiger partial charge in [-0.2, -0.15) is 0 Å². The third kappa shape index (κ3) is 3.15. The zero-order chi connectivity index (χ0) is 13.7. The molecule has 100 valence electrons. The number of benzene rings is 1. The summed E-state index contributed by atoms with van der Waals surface area (Å²) in [5, 5.41) is 10.2. The SMILES string of the molecule is COC(CN)C(=O)Nc1cccc(-n2cnnc2)c1. The van der Waals surface area contributed by atoms with Crippen LogP contribution in [-0.4, -0.2) is 40.4 Å². The molecule has 0 radical (unpaired) electrons. The summed E-state index contributed by atoms with van der Waals surface area (Å²) in [6.07, 6.45) is 2.51. The topological polar surface area (TPSA) is 95.1 Å². The number of anilines is 1. The van der Waals surface area contributed by atoms with Crippen molar-refractivity contribution in [3.05, 3.63) is 36.9 Å². The van der Waals surface area contributed by atoms with E-state index in [1.807, 2.05) is 18.2 Å². The van der Waals surface area contributed by atoms with Crippen LogP contribution < -0.4 is 11.1 Å². The fourth-order valence-corrected chi connectivity index (χ4v) is 1.61. The molecule has 1 amide bonds. The van der Waals surface area contributed by atoms with E-state index in [0.29, 0.717) is 5.69 Å². The van der Waals surface area contributed by atoms with Gasteiger partial charge in [-0.05, 0) is 18.2 Å². The second-order valence-corrected chi connectivity index (χ2v) is 3.87. The third-order valence-corrected chi connectivity index (χ3v) is 2.62. The van der Waals surface area contributed by atoms with Crippen molar-refractivity contribution in [2.75, 3.05) is 19.0 Å². The number of nitrogens with zero attached hydrogens (tertiary/aromatic N) is 3. The van der Waals surface area contributed by atoms with Crippen LogP contribution in [0.2, 0.25) is 0 Å². The van der Waals surface area contributed by atoms with E-state index in [0.717, 1.165) is 5.69 Å². The van der Waals surface area contributed by atoms with E-state index in [4.69, 9.17) is 10.5 Å². The van der Waals surface area contributed by atoms with Crippen LogP contribution >= 0.6 is 0 Å². The quantitative estimate of drug-likeness (QED) is 0.800. The molecule has 1 aromatic carbocycles. The second-order valence-electron chi connectivity index (χ2n) is 3.87. The Balaban J connectivity index is 2.14. The lowest BCUT2D eigenvalue weighted by Crippen LogP contribution is -2.35. The number of carbonyl (C=O) groups excluding carboxylic acids is 1. The zero-order valence-corrected chi connectivity index (χ0v) is 10.5. The summed E-state index contributed by atoms with van der Waals surface area (Å²) in [5.41, 5.74) is 6.95. The maximum Gasteiger partial charge on any atom is 0.254 e.